The molecule has 1 fully saturated rings. The first kappa shape index (κ1) is 21.5. The van der Waals surface area contributed by atoms with Crippen molar-refractivity contribution < 1.29 is 22.7 Å². The SMILES string of the molecule is O=C(NC1CCC(=Cc2cccc(Oc3ccc(C(F)(F)F)cn3)c2)C1)c1cccnc1. The molecule has 2 aromatic heterocycles. The highest BCUT2D eigenvalue weighted by Crippen LogP contribution is 2.31. The number of alkyl halides is 3. The number of halogens is 3. The van der Waals surface area contributed by atoms with Gasteiger partial charge in [0.2, 0.25) is 5.88 Å². The van der Waals surface area contributed by atoms with E-state index in [0.29, 0.717) is 11.3 Å². The number of nitrogens with one attached hydrogen (secondary N) is 1. The van der Waals surface area contributed by atoms with E-state index in [-0.39, 0.29) is 17.8 Å². The van der Waals surface area contributed by atoms with Crippen LogP contribution in [0.2, 0.25) is 0 Å². The van der Waals surface area contributed by atoms with Crippen LogP contribution < -0.4 is 10.1 Å². The van der Waals surface area contributed by atoms with Gasteiger partial charge in [-0.05, 0) is 55.2 Å². The lowest BCUT2D eigenvalue weighted by Crippen LogP contribution is -2.32. The zero-order valence-corrected chi connectivity index (χ0v) is 17.0. The van der Waals surface area contributed by atoms with Gasteiger partial charge in [0, 0.05) is 30.7 Å². The minimum Gasteiger partial charge on any atom is -0.439 e. The van der Waals surface area contributed by atoms with Gasteiger partial charge in [0.15, 0.2) is 0 Å². The summed E-state index contributed by atoms with van der Waals surface area (Å²) in [5, 5.41) is 3.04. The highest BCUT2D eigenvalue weighted by molar-refractivity contribution is 5.94. The largest absolute Gasteiger partial charge is 0.439 e. The molecule has 0 radical (unpaired) electrons. The van der Waals surface area contributed by atoms with Gasteiger partial charge in [0.05, 0.1) is 11.1 Å². The molecular weight excluding hydrogens is 419 g/mol. The first-order valence-corrected chi connectivity index (χ1v) is 10.1. The quantitative estimate of drug-likeness (QED) is 0.558. The van der Waals surface area contributed by atoms with Crippen molar-refractivity contribution in [1.82, 2.24) is 15.3 Å². The topological polar surface area (TPSA) is 64.1 Å². The van der Waals surface area contributed by atoms with Crippen molar-refractivity contribution in [3.05, 3.63) is 89.4 Å². The average Bonchev–Trinajstić information content (AvgIpc) is 3.21. The molecule has 1 amide bonds. The first-order chi connectivity index (χ1) is 15.4. The van der Waals surface area contributed by atoms with E-state index in [1.54, 1.807) is 30.5 Å². The van der Waals surface area contributed by atoms with Crippen LogP contribution >= 0.6 is 0 Å². The molecule has 1 aromatic carbocycles. The molecule has 4 rings (SSSR count). The summed E-state index contributed by atoms with van der Waals surface area (Å²) < 4.78 is 43.6. The summed E-state index contributed by atoms with van der Waals surface area (Å²) in [6.07, 6.45) is 3.98. The first-order valence-electron chi connectivity index (χ1n) is 10.1. The fraction of sp³-hybridized carbons (Fsp3) is 0.208. The standard InChI is InChI=1S/C24H20F3N3O2/c25-24(26,27)19-7-9-22(29-15-19)32-21-5-1-3-16(13-21)11-17-6-8-20(12-17)30-23(31)18-4-2-10-28-14-18/h1-5,7,9-11,13-15,20H,6,8,12H2,(H,30,31). The summed E-state index contributed by atoms with van der Waals surface area (Å²) >= 11 is 0. The van der Waals surface area contributed by atoms with Crippen LogP contribution in [0.3, 0.4) is 0 Å². The predicted molar refractivity (Wildman–Crippen MR) is 113 cm³/mol. The Morgan fingerprint density at radius 3 is 2.72 bits per heavy atom. The molecule has 8 heteroatoms. The molecule has 1 atom stereocenters. The molecule has 3 aromatic rings. The lowest BCUT2D eigenvalue weighted by Gasteiger charge is -2.11. The number of rotatable bonds is 5. The smallest absolute Gasteiger partial charge is 0.417 e. The van der Waals surface area contributed by atoms with Gasteiger partial charge >= 0.3 is 6.18 Å². The fourth-order valence-electron chi connectivity index (χ4n) is 3.53. The molecule has 32 heavy (non-hydrogen) atoms. The van der Waals surface area contributed by atoms with E-state index in [0.717, 1.165) is 37.1 Å². The predicted octanol–water partition coefficient (Wildman–Crippen LogP) is 5.65. The Balaban J connectivity index is 1.38. The summed E-state index contributed by atoms with van der Waals surface area (Å²) in [6.45, 7) is 0. The maximum atomic E-state index is 12.7. The van der Waals surface area contributed by atoms with Crippen LogP contribution in [0.25, 0.3) is 6.08 Å². The Morgan fingerprint density at radius 1 is 1.12 bits per heavy atom. The van der Waals surface area contributed by atoms with E-state index in [2.05, 4.69) is 15.3 Å². The molecule has 0 bridgehead atoms. The van der Waals surface area contributed by atoms with Crippen LogP contribution in [0.5, 0.6) is 11.6 Å². The van der Waals surface area contributed by atoms with Crippen molar-refractivity contribution in [3.63, 3.8) is 0 Å². The van der Waals surface area contributed by atoms with Crippen molar-refractivity contribution in [1.29, 1.82) is 0 Å². The number of pyridine rings is 2. The zero-order valence-electron chi connectivity index (χ0n) is 17.0. The van der Waals surface area contributed by atoms with Crippen LogP contribution in [0.15, 0.2) is 72.7 Å². The summed E-state index contributed by atoms with van der Waals surface area (Å²) in [7, 11) is 0. The van der Waals surface area contributed by atoms with Gasteiger partial charge in [-0.3, -0.25) is 9.78 Å². The number of amides is 1. The lowest BCUT2D eigenvalue weighted by atomic mass is 10.1. The summed E-state index contributed by atoms with van der Waals surface area (Å²) in [6, 6.07) is 12.9. The van der Waals surface area contributed by atoms with E-state index in [9.17, 15) is 18.0 Å². The number of carbonyl (C=O) groups excluding carboxylic acids is 1. The van der Waals surface area contributed by atoms with Crippen LogP contribution in [0, 0.1) is 0 Å². The molecule has 1 N–H and O–H groups in total. The normalized spacial score (nSPS) is 17.3. The Labute approximate surface area is 183 Å². The highest BCUT2D eigenvalue weighted by atomic mass is 19.4. The molecular formula is C24H20F3N3O2. The molecule has 1 saturated carbocycles. The maximum absolute atomic E-state index is 12.7. The van der Waals surface area contributed by atoms with Gasteiger partial charge in [0.25, 0.3) is 5.91 Å². The molecule has 0 saturated heterocycles. The van der Waals surface area contributed by atoms with Gasteiger partial charge in [0.1, 0.15) is 5.75 Å². The Hall–Kier alpha value is -3.68. The Morgan fingerprint density at radius 2 is 2.00 bits per heavy atom. The van der Waals surface area contributed by atoms with Gasteiger partial charge < -0.3 is 10.1 Å². The average molecular weight is 439 g/mol. The number of carbonyl (C=O) groups is 1. The summed E-state index contributed by atoms with van der Waals surface area (Å²) in [5.41, 5.74) is 1.82. The number of hydrogen-bond acceptors (Lipinski definition) is 4. The zero-order chi connectivity index (χ0) is 22.6. The highest BCUT2D eigenvalue weighted by Gasteiger charge is 2.30. The van der Waals surface area contributed by atoms with E-state index in [1.165, 1.54) is 17.8 Å². The van der Waals surface area contributed by atoms with E-state index >= 15 is 0 Å². The molecule has 2 heterocycles. The minimum absolute atomic E-state index is 0.0599. The molecule has 0 spiro atoms. The molecule has 1 aliphatic rings. The monoisotopic (exact) mass is 439 g/mol. The van der Waals surface area contributed by atoms with Crippen molar-refractivity contribution in [2.24, 2.45) is 0 Å². The third-order valence-corrected chi connectivity index (χ3v) is 5.10. The number of ether oxygens (including phenoxy) is 1. The number of aromatic nitrogens is 2. The summed E-state index contributed by atoms with van der Waals surface area (Å²) in [4.78, 5) is 20.0. The second-order valence-corrected chi connectivity index (χ2v) is 7.51. The number of hydrogen-bond donors (Lipinski definition) is 1. The van der Waals surface area contributed by atoms with Gasteiger partial charge in [-0.1, -0.05) is 23.8 Å². The third kappa shape index (κ3) is 5.51. The Kier molecular flexibility index (Phi) is 6.20. The Bertz CT molecular complexity index is 1110. The van der Waals surface area contributed by atoms with Crippen LogP contribution in [0.4, 0.5) is 13.2 Å². The molecule has 5 nitrogen and oxygen atoms in total. The molecule has 1 unspecified atom stereocenters. The maximum Gasteiger partial charge on any atom is 0.417 e. The second kappa shape index (κ2) is 9.21. The number of benzene rings is 1. The van der Waals surface area contributed by atoms with Gasteiger partial charge in [-0.15, -0.1) is 0 Å². The van der Waals surface area contributed by atoms with Gasteiger partial charge in [-0.2, -0.15) is 13.2 Å². The molecule has 0 aliphatic heterocycles. The van der Waals surface area contributed by atoms with E-state index < -0.39 is 11.7 Å². The number of nitrogens with zero attached hydrogens (tertiary/aromatic N) is 2. The van der Waals surface area contributed by atoms with Crippen LogP contribution in [0.1, 0.15) is 40.7 Å². The summed E-state index contributed by atoms with van der Waals surface area (Å²) in [5.74, 6) is 0.427. The van der Waals surface area contributed by atoms with Crippen molar-refractivity contribution in [2.45, 2.75) is 31.5 Å². The lowest BCUT2D eigenvalue weighted by molar-refractivity contribution is -0.137. The fourth-order valence-corrected chi connectivity index (χ4v) is 3.53. The second-order valence-electron chi connectivity index (χ2n) is 7.51. The molecule has 164 valence electrons. The van der Waals surface area contributed by atoms with Crippen molar-refractivity contribution >= 4 is 12.0 Å². The third-order valence-electron chi connectivity index (χ3n) is 5.10. The van der Waals surface area contributed by atoms with Crippen LogP contribution in [-0.4, -0.2) is 21.9 Å². The van der Waals surface area contributed by atoms with Crippen LogP contribution in [-0.2, 0) is 6.18 Å². The van der Waals surface area contributed by atoms with Crippen molar-refractivity contribution in [2.75, 3.05) is 0 Å². The minimum atomic E-state index is -4.44. The van der Waals surface area contributed by atoms with Gasteiger partial charge in [-0.25, -0.2) is 4.98 Å². The van der Waals surface area contributed by atoms with Crippen molar-refractivity contribution in [3.8, 4) is 11.6 Å². The van der Waals surface area contributed by atoms with E-state index in [1.807, 2.05) is 18.2 Å². The van der Waals surface area contributed by atoms with E-state index in [4.69, 9.17) is 4.74 Å². The molecule has 1 aliphatic carbocycles.